The van der Waals surface area contributed by atoms with Gasteiger partial charge in [0.2, 0.25) is 0 Å². The molecule has 8 nitrogen and oxygen atoms in total. The fourth-order valence-corrected chi connectivity index (χ4v) is 3.99. The third kappa shape index (κ3) is 3.35. The van der Waals surface area contributed by atoms with Gasteiger partial charge in [0.1, 0.15) is 0 Å². The molecule has 1 aliphatic carbocycles. The van der Waals surface area contributed by atoms with Gasteiger partial charge in [-0.15, -0.1) is 0 Å². The SMILES string of the molecule is Cn1cc(-c2cnc3c(-c4cccc(C(=O)N[C@H]5CCC[C@@H]5O)c4)cnn3c2)cn1. The highest BCUT2D eigenvalue weighted by Gasteiger charge is 2.27. The van der Waals surface area contributed by atoms with Crippen LogP contribution in [-0.2, 0) is 7.05 Å². The first-order valence-electron chi connectivity index (χ1n) is 10.0. The van der Waals surface area contributed by atoms with Gasteiger partial charge in [-0.25, -0.2) is 9.50 Å². The summed E-state index contributed by atoms with van der Waals surface area (Å²) in [6, 6.07) is 7.23. The lowest BCUT2D eigenvalue weighted by Crippen LogP contribution is -2.39. The van der Waals surface area contributed by atoms with Gasteiger partial charge in [0, 0.05) is 47.9 Å². The summed E-state index contributed by atoms with van der Waals surface area (Å²) in [5.41, 5.74) is 4.88. The monoisotopic (exact) mass is 402 g/mol. The number of aliphatic hydroxyl groups is 1. The maximum absolute atomic E-state index is 12.7. The maximum atomic E-state index is 12.7. The lowest BCUT2D eigenvalue weighted by molar-refractivity contribution is 0.0873. The molecule has 30 heavy (non-hydrogen) atoms. The number of aliphatic hydroxyl groups excluding tert-OH is 1. The summed E-state index contributed by atoms with van der Waals surface area (Å²) < 4.78 is 3.48. The van der Waals surface area contributed by atoms with Gasteiger partial charge in [-0.1, -0.05) is 12.1 Å². The van der Waals surface area contributed by atoms with E-state index in [1.165, 1.54) is 0 Å². The van der Waals surface area contributed by atoms with Gasteiger partial charge in [-0.2, -0.15) is 10.2 Å². The van der Waals surface area contributed by atoms with Crippen LogP contribution in [0.3, 0.4) is 0 Å². The zero-order valence-electron chi connectivity index (χ0n) is 16.6. The highest BCUT2D eigenvalue weighted by Crippen LogP contribution is 2.26. The Morgan fingerprint density at radius 3 is 2.73 bits per heavy atom. The fourth-order valence-electron chi connectivity index (χ4n) is 3.99. The largest absolute Gasteiger partial charge is 0.391 e. The predicted molar refractivity (Wildman–Crippen MR) is 112 cm³/mol. The molecule has 1 aliphatic rings. The summed E-state index contributed by atoms with van der Waals surface area (Å²) >= 11 is 0. The molecular weight excluding hydrogens is 380 g/mol. The first-order valence-corrected chi connectivity index (χ1v) is 10.0. The fraction of sp³-hybridized carbons (Fsp3) is 0.273. The second-order valence-electron chi connectivity index (χ2n) is 7.73. The Kier molecular flexibility index (Phi) is 4.55. The molecule has 2 N–H and O–H groups in total. The molecule has 4 aromatic rings. The van der Waals surface area contributed by atoms with Crippen LogP contribution in [0.4, 0.5) is 0 Å². The van der Waals surface area contributed by atoms with Crippen LogP contribution in [0.1, 0.15) is 29.6 Å². The molecule has 0 radical (unpaired) electrons. The standard InChI is InChI=1S/C22H22N6O2/c1-27-12-17(10-24-27)16-9-23-21-18(11-25-28(21)13-16)14-4-2-5-15(8-14)22(30)26-19-6-3-7-20(19)29/h2,4-5,8-13,19-20,29H,3,6-7H2,1H3,(H,26,30)/t19-,20-/m0/s1. The van der Waals surface area contributed by atoms with E-state index in [1.54, 1.807) is 33.9 Å². The van der Waals surface area contributed by atoms with Crippen molar-refractivity contribution < 1.29 is 9.90 Å². The number of rotatable bonds is 4. The number of hydrogen-bond donors (Lipinski definition) is 2. The van der Waals surface area contributed by atoms with Crippen LogP contribution in [0.5, 0.6) is 0 Å². The smallest absolute Gasteiger partial charge is 0.251 e. The number of nitrogens with zero attached hydrogens (tertiary/aromatic N) is 5. The molecule has 3 heterocycles. The third-order valence-corrected chi connectivity index (χ3v) is 5.63. The topological polar surface area (TPSA) is 97.3 Å². The molecule has 1 amide bonds. The normalized spacial score (nSPS) is 18.7. The zero-order chi connectivity index (χ0) is 20.7. The number of aromatic nitrogens is 5. The molecular formula is C22H22N6O2. The van der Waals surface area contributed by atoms with Crippen LogP contribution in [0.2, 0.25) is 0 Å². The van der Waals surface area contributed by atoms with E-state index in [4.69, 9.17) is 0 Å². The number of aryl methyl sites for hydroxylation is 1. The van der Waals surface area contributed by atoms with Crippen molar-refractivity contribution in [3.05, 3.63) is 60.8 Å². The van der Waals surface area contributed by atoms with E-state index < -0.39 is 6.10 Å². The van der Waals surface area contributed by atoms with E-state index in [2.05, 4.69) is 20.5 Å². The van der Waals surface area contributed by atoms with E-state index in [0.29, 0.717) is 11.2 Å². The Hall–Kier alpha value is -3.52. The summed E-state index contributed by atoms with van der Waals surface area (Å²) in [4.78, 5) is 17.3. The van der Waals surface area contributed by atoms with Crippen molar-refractivity contribution in [1.29, 1.82) is 0 Å². The highest BCUT2D eigenvalue weighted by atomic mass is 16.3. The van der Waals surface area contributed by atoms with Crippen molar-refractivity contribution >= 4 is 11.6 Å². The van der Waals surface area contributed by atoms with Crippen LogP contribution in [-0.4, -0.2) is 47.5 Å². The number of benzene rings is 1. The minimum absolute atomic E-state index is 0.175. The Balaban J connectivity index is 1.44. The number of carbonyl (C=O) groups excluding carboxylic acids is 1. The Bertz CT molecular complexity index is 1230. The van der Waals surface area contributed by atoms with Crippen molar-refractivity contribution in [2.45, 2.75) is 31.4 Å². The van der Waals surface area contributed by atoms with Gasteiger partial charge in [-0.05, 0) is 37.0 Å². The van der Waals surface area contributed by atoms with Crippen molar-refractivity contribution in [3.63, 3.8) is 0 Å². The van der Waals surface area contributed by atoms with Crippen LogP contribution in [0.25, 0.3) is 27.9 Å². The summed E-state index contributed by atoms with van der Waals surface area (Å²) in [7, 11) is 1.87. The van der Waals surface area contributed by atoms with Crippen molar-refractivity contribution in [2.24, 2.45) is 7.05 Å². The number of fused-ring (bicyclic) bond motifs is 1. The quantitative estimate of drug-likeness (QED) is 0.546. The molecule has 5 rings (SSSR count). The van der Waals surface area contributed by atoms with E-state index in [-0.39, 0.29) is 11.9 Å². The maximum Gasteiger partial charge on any atom is 0.251 e. The molecule has 2 atom stereocenters. The molecule has 8 heteroatoms. The van der Waals surface area contributed by atoms with Crippen LogP contribution in [0.15, 0.2) is 55.2 Å². The van der Waals surface area contributed by atoms with Crippen LogP contribution in [0, 0.1) is 0 Å². The average molecular weight is 402 g/mol. The first-order chi connectivity index (χ1) is 14.6. The molecule has 3 aromatic heterocycles. The Labute approximate surface area is 173 Å². The van der Waals surface area contributed by atoms with E-state index in [0.717, 1.165) is 41.5 Å². The minimum atomic E-state index is -0.463. The van der Waals surface area contributed by atoms with Crippen LogP contribution >= 0.6 is 0 Å². The Morgan fingerprint density at radius 1 is 1.10 bits per heavy atom. The van der Waals surface area contributed by atoms with E-state index in [1.807, 2.05) is 37.6 Å². The molecule has 0 bridgehead atoms. The molecule has 0 spiro atoms. The number of amides is 1. The predicted octanol–water partition coefficient (Wildman–Crippen LogP) is 2.44. The summed E-state index contributed by atoms with van der Waals surface area (Å²) in [5.74, 6) is -0.175. The summed E-state index contributed by atoms with van der Waals surface area (Å²) in [6.45, 7) is 0. The summed E-state index contributed by atoms with van der Waals surface area (Å²) in [6.07, 6.45) is 11.2. The molecule has 1 aromatic carbocycles. The van der Waals surface area contributed by atoms with Crippen molar-refractivity contribution in [2.75, 3.05) is 0 Å². The summed E-state index contributed by atoms with van der Waals surface area (Å²) in [5, 5.41) is 21.6. The number of nitrogens with one attached hydrogen (secondary N) is 1. The minimum Gasteiger partial charge on any atom is -0.391 e. The van der Waals surface area contributed by atoms with E-state index >= 15 is 0 Å². The zero-order valence-corrected chi connectivity index (χ0v) is 16.6. The van der Waals surface area contributed by atoms with E-state index in [9.17, 15) is 9.90 Å². The van der Waals surface area contributed by atoms with Gasteiger partial charge in [-0.3, -0.25) is 9.48 Å². The van der Waals surface area contributed by atoms with Crippen molar-refractivity contribution in [1.82, 2.24) is 29.7 Å². The first kappa shape index (κ1) is 18.5. The van der Waals surface area contributed by atoms with Gasteiger partial charge in [0.05, 0.1) is 24.5 Å². The molecule has 0 aliphatic heterocycles. The molecule has 0 unspecified atom stereocenters. The van der Waals surface area contributed by atoms with Crippen LogP contribution < -0.4 is 5.32 Å². The molecule has 152 valence electrons. The average Bonchev–Trinajstić information content (AvgIpc) is 3.48. The molecule has 0 saturated heterocycles. The molecule has 1 fully saturated rings. The van der Waals surface area contributed by atoms with Gasteiger partial charge < -0.3 is 10.4 Å². The van der Waals surface area contributed by atoms with Gasteiger partial charge in [0.15, 0.2) is 5.65 Å². The highest BCUT2D eigenvalue weighted by molar-refractivity contribution is 5.96. The number of carbonyl (C=O) groups is 1. The Morgan fingerprint density at radius 2 is 1.97 bits per heavy atom. The second-order valence-corrected chi connectivity index (χ2v) is 7.73. The third-order valence-electron chi connectivity index (χ3n) is 5.63. The lowest BCUT2D eigenvalue weighted by Gasteiger charge is -2.16. The second kappa shape index (κ2) is 7.38. The molecule has 1 saturated carbocycles. The van der Waals surface area contributed by atoms with Gasteiger partial charge >= 0.3 is 0 Å². The van der Waals surface area contributed by atoms with Crippen molar-refractivity contribution in [3.8, 4) is 22.3 Å². The number of hydrogen-bond acceptors (Lipinski definition) is 5. The van der Waals surface area contributed by atoms with Gasteiger partial charge in [0.25, 0.3) is 5.91 Å². The lowest BCUT2D eigenvalue weighted by atomic mass is 10.0.